The van der Waals surface area contributed by atoms with Gasteiger partial charge in [0.2, 0.25) is 0 Å². The van der Waals surface area contributed by atoms with Crippen LogP contribution >= 0.6 is 0 Å². The van der Waals surface area contributed by atoms with Gasteiger partial charge in [-0.3, -0.25) is 0 Å². The monoisotopic (exact) mass is 318 g/mol. The maximum atomic E-state index is 11.8. The summed E-state index contributed by atoms with van der Waals surface area (Å²) in [5.74, 6) is 0.388. The highest BCUT2D eigenvalue weighted by Crippen LogP contribution is 2.19. The molecule has 3 nitrogen and oxygen atoms in total. The Morgan fingerprint density at radius 1 is 0.833 bits per heavy atom. The van der Waals surface area contributed by atoms with Gasteiger partial charge in [0.05, 0.1) is 0 Å². The van der Waals surface area contributed by atoms with Gasteiger partial charge in [-0.2, -0.15) is 0 Å². The van der Waals surface area contributed by atoms with E-state index in [0.29, 0.717) is 6.61 Å². The Labute approximate surface area is 141 Å². The van der Waals surface area contributed by atoms with E-state index in [0.717, 1.165) is 22.1 Å². The molecule has 0 amide bonds. The third kappa shape index (κ3) is 4.23. The molecular formula is C21H18O3. The van der Waals surface area contributed by atoms with Crippen molar-refractivity contribution >= 4 is 22.8 Å². The summed E-state index contributed by atoms with van der Waals surface area (Å²) in [6, 6.07) is 23.5. The Hall–Kier alpha value is -3.07. The molecule has 0 aromatic heterocycles. The van der Waals surface area contributed by atoms with Gasteiger partial charge in [-0.25, -0.2) is 4.79 Å². The van der Waals surface area contributed by atoms with E-state index in [2.05, 4.69) is 0 Å². The summed E-state index contributed by atoms with van der Waals surface area (Å²) in [6.45, 7) is 0.547. The highest BCUT2D eigenvalue weighted by molar-refractivity contribution is 5.94. The molecule has 0 bridgehead atoms. The number of esters is 1. The van der Waals surface area contributed by atoms with Crippen molar-refractivity contribution in [1.82, 2.24) is 0 Å². The van der Waals surface area contributed by atoms with Gasteiger partial charge >= 0.3 is 5.97 Å². The molecule has 0 aliphatic heterocycles. The zero-order valence-corrected chi connectivity index (χ0v) is 13.2. The van der Waals surface area contributed by atoms with Crippen LogP contribution in [0.15, 0.2) is 78.9 Å². The number of fused-ring (bicyclic) bond motifs is 1. The Morgan fingerprint density at radius 2 is 1.58 bits per heavy atom. The molecule has 3 rings (SSSR count). The molecule has 120 valence electrons. The van der Waals surface area contributed by atoms with Crippen LogP contribution in [0.25, 0.3) is 16.8 Å². The van der Waals surface area contributed by atoms with Gasteiger partial charge in [0, 0.05) is 6.08 Å². The summed E-state index contributed by atoms with van der Waals surface area (Å²) in [5.41, 5.74) is 0.991. The van der Waals surface area contributed by atoms with Crippen LogP contribution < -0.4 is 4.74 Å². The molecule has 0 N–H and O–H groups in total. The van der Waals surface area contributed by atoms with E-state index in [4.69, 9.17) is 9.47 Å². The molecule has 0 saturated carbocycles. The van der Waals surface area contributed by atoms with Crippen LogP contribution in [-0.4, -0.2) is 19.2 Å². The topological polar surface area (TPSA) is 35.5 Å². The van der Waals surface area contributed by atoms with Gasteiger partial charge in [0.15, 0.2) is 0 Å². The molecule has 0 atom stereocenters. The summed E-state index contributed by atoms with van der Waals surface area (Å²) in [5, 5.41) is 2.25. The standard InChI is InChI=1S/C21H18O3/c22-21(24-16-15-23-19-10-2-1-3-11-19)14-13-18-9-6-8-17-7-4-5-12-20(17)18/h1-14H,15-16H2/b14-13+. The van der Waals surface area contributed by atoms with E-state index in [9.17, 15) is 4.79 Å². The molecule has 0 unspecified atom stereocenters. The van der Waals surface area contributed by atoms with Crippen molar-refractivity contribution in [3.8, 4) is 5.75 Å². The van der Waals surface area contributed by atoms with E-state index >= 15 is 0 Å². The van der Waals surface area contributed by atoms with Crippen LogP contribution in [0.4, 0.5) is 0 Å². The number of hydrogen-bond donors (Lipinski definition) is 0. The third-order valence-electron chi connectivity index (χ3n) is 3.56. The average molecular weight is 318 g/mol. The second-order valence-electron chi connectivity index (χ2n) is 5.23. The molecule has 0 fully saturated rings. The van der Waals surface area contributed by atoms with Gasteiger partial charge < -0.3 is 9.47 Å². The van der Waals surface area contributed by atoms with Crippen molar-refractivity contribution < 1.29 is 14.3 Å². The van der Waals surface area contributed by atoms with Gasteiger partial charge in [0.1, 0.15) is 19.0 Å². The largest absolute Gasteiger partial charge is 0.490 e. The Morgan fingerprint density at radius 3 is 2.46 bits per heavy atom. The van der Waals surface area contributed by atoms with E-state index in [1.54, 1.807) is 6.08 Å². The molecule has 0 aliphatic rings. The van der Waals surface area contributed by atoms with E-state index in [-0.39, 0.29) is 12.6 Å². The predicted octanol–water partition coefficient (Wildman–Crippen LogP) is 4.48. The SMILES string of the molecule is O=C(/C=C/c1cccc2ccccc12)OCCOc1ccccc1. The highest BCUT2D eigenvalue weighted by Gasteiger charge is 2.00. The zero-order chi connectivity index (χ0) is 16.6. The molecule has 0 radical (unpaired) electrons. The van der Waals surface area contributed by atoms with Crippen LogP contribution in [0.2, 0.25) is 0 Å². The summed E-state index contributed by atoms with van der Waals surface area (Å²) in [4.78, 5) is 11.8. The van der Waals surface area contributed by atoms with E-state index < -0.39 is 0 Å². The maximum Gasteiger partial charge on any atom is 0.330 e. The van der Waals surface area contributed by atoms with Crippen molar-refractivity contribution in [3.05, 3.63) is 84.4 Å². The van der Waals surface area contributed by atoms with Crippen molar-refractivity contribution in [1.29, 1.82) is 0 Å². The lowest BCUT2D eigenvalue weighted by Crippen LogP contribution is -2.10. The first-order valence-corrected chi connectivity index (χ1v) is 7.83. The van der Waals surface area contributed by atoms with Crippen LogP contribution in [0.1, 0.15) is 5.56 Å². The van der Waals surface area contributed by atoms with Crippen molar-refractivity contribution in [2.24, 2.45) is 0 Å². The van der Waals surface area contributed by atoms with Gasteiger partial charge in [-0.1, -0.05) is 60.7 Å². The lowest BCUT2D eigenvalue weighted by Gasteiger charge is -2.06. The first-order chi connectivity index (χ1) is 11.8. The molecule has 24 heavy (non-hydrogen) atoms. The number of ether oxygens (including phenoxy) is 2. The fourth-order valence-corrected chi connectivity index (χ4v) is 2.42. The number of rotatable bonds is 6. The van der Waals surface area contributed by atoms with Crippen molar-refractivity contribution in [2.75, 3.05) is 13.2 Å². The zero-order valence-electron chi connectivity index (χ0n) is 13.2. The van der Waals surface area contributed by atoms with Crippen LogP contribution in [0, 0.1) is 0 Å². The fraction of sp³-hybridized carbons (Fsp3) is 0.0952. The lowest BCUT2D eigenvalue weighted by molar-refractivity contribution is -0.138. The first-order valence-electron chi connectivity index (χ1n) is 7.83. The minimum atomic E-state index is -0.375. The van der Waals surface area contributed by atoms with Gasteiger partial charge in [-0.05, 0) is 34.5 Å². The Bertz CT molecular complexity index is 833. The summed E-state index contributed by atoms with van der Waals surface area (Å²) in [7, 11) is 0. The van der Waals surface area contributed by atoms with Gasteiger partial charge in [0.25, 0.3) is 0 Å². The number of carbonyl (C=O) groups is 1. The minimum Gasteiger partial charge on any atom is -0.490 e. The van der Waals surface area contributed by atoms with E-state index in [1.807, 2.05) is 72.8 Å². The Kier molecular flexibility index (Phi) is 5.25. The number of benzene rings is 3. The van der Waals surface area contributed by atoms with Crippen LogP contribution in [0.5, 0.6) is 5.75 Å². The summed E-state index contributed by atoms with van der Waals surface area (Å²) < 4.78 is 10.6. The molecule has 0 aliphatic carbocycles. The van der Waals surface area contributed by atoms with Crippen LogP contribution in [0.3, 0.4) is 0 Å². The molecule has 0 saturated heterocycles. The van der Waals surface area contributed by atoms with Crippen molar-refractivity contribution in [3.63, 3.8) is 0 Å². The number of carbonyl (C=O) groups excluding carboxylic acids is 1. The molecular weight excluding hydrogens is 300 g/mol. The molecule has 3 heteroatoms. The predicted molar refractivity (Wildman–Crippen MR) is 95.9 cm³/mol. The summed E-state index contributed by atoms with van der Waals surface area (Å²) in [6.07, 6.45) is 3.23. The Balaban J connectivity index is 1.52. The average Bonchev–Trinajstić information content (AvgIpc) is 2.64. The first kappa shape index (κ1) is 15.8. The second-order valence-corrected chi connectivity index (χ2v) is 5.23. The molecule has 3 aromatic carbocycles. The molecule has 0 spiro atoms. The number of para-hydroxylation sites is 1. The number of hydrogen-bond acceptors (Lipinski definition) is 3. The minimum absolute atomic E-state index is 0.216. The van der Waals surface area contributed by atoms with Crippen LogP contribution in [-0.2, 0) is 9.53 Å². The third-order valence-corrected chi connectivity index (χ3v) is 3.56. The second kappa shape index (κ2) is 7.97. The normalized spacial score (nSPS) is 10.8. The quantitative estimate of drug-likeness (QED) is 0.382. The highest BCUT2D eigenvalue weighted by atomic mass is 16.6. The van der Waals surface area contributed by atoms with Gasteiger partial charge in [-0.15, -0.1) is 0 Å². The smallest absolute Gasteiger partial charge is 0.330 e. The fourth-order valence-electron chi connectivity index (χ4n) is 2.42. The lowest BCUT2D eigenvalue weighted by atomic mass is 10.0. The van der Waals surface area contributed by atoms with Crippen molar-refractivity contribution in [2.45, 2.75) is 0 Å². The maximum absolute atomic E-state index is 11.8. The summed E-state index contributed by atoms with van der Waals surface area (Å²) >= 11 is 0. The molecule has 3 aromatic rings. The van der Waals surface area contributed by atoms with E-state index in [1.165, 1.54) is 6.08 Å². The molecule has 0 heterocycles.